The summed E-state index contributed by atoms with van der Waals surface area (Å²) in [5, 5.41) is 18.0. The first-order valence-electron chi connectivity index (χ1n) is 9.44. The lowest BCUT2D eigenvalue weighted by Gasteiger charge is -2.25. The first kappa shape index (κ1) is 18.6. The summed E-state index contributed by atoms with van der Waals surface area (Å²) in [6.45, 7) is 0. The van der Waals surface area contributed by atoms with Crippen molar-refractivity contribution in [1.82, 2.24) is 0 Å². The second-order valence-corrected chi connectivity index (χ2v) is 6.91. The third-order valence-corrected chi connectivity index (χ3v) is 5.00. The maximum atomic E-state index is 12.8. The van der Waals surface area contributed by atoms with Crippen molar-refractivity contribution in [2.24, 2.45) is 5.10 Å². The zero-order chi connectivity index (χ0) is 20.2. The molecule has 0 fully saturated rings. The number of anilines is 1. The number of para-hydroxylation sites is 1. The van der Waals surface area contributed by atoms with Crippen molar-refractivity contribution in [2.45, 2.75) is 18.9 Å². The summed E-state index contributed by atoms with van der Waals surface area (Å²) in [5.41, 5.74) is 2.91. The predicted octanol–water partition coefficient (Wildman–Crippen LogP) is 3.31. The fourth-order valence-corrected chi connectivity index (χ4v) is 3.58. The average Bonchev–Trinajstić information content (AvgIpc) is 3.18. The molecule has 1 atom stereocenters. The van der Waals surface area contributed by atoms with Crippen LogP contribution in [0.3, 0.4) is 0 Å². The maximum Gasteiger partial charge on any atom is 0.165 e. The van der Waals surface area contributed by atoms with E-state index in [0.717, 1.165) is 11.3 Å². The number of rotatable bonds is 6. The molecule has 5 heteroatoms. The first-order valence-corrected chi connectivity index (χ1v) is 9.44. The van der Waals surface area contributed by atoms with Gasteiger partial charge in [0.2, 0.25) is 0 Å². The van der Waals surface area contributed by atoms with E-state index in [2.05, 4.69) is 0 Å². The molecule has 1 aliphatic heterocycles. The Morgan fingerprint density at radius 3 is 2.21 bits per heavy atom. The van der Waals surface area contributed by atoms with Crippen LogP contribution >= 0.6 is 0 Å². The fourth-order valence-electron chi connectivity index (χ4n) is 3.58. The van der Waals surface area contributed by atoms with Gasteiger partial charge >= 0.3 is 0 Å². The third kappa shape index (κ3) is 3.94. The quantitative estimate of drug-likeness (QED) is 0.612. The van der Waals surface area contributed by atoms with E-state index in [1.807, 2.05) is 48.5 Å². The topological polar surface area (TPSA) is 72.8 Å². The third-order valence-electron chi connectivity index (χ3n) is 5.00. The highest BCUT2D eigenvalue weighted by Crippen LogP contribution is 2.31. The van der Waals surface area contributed by atoms with Crippen LogP contribution in [0, 0.1) is 0 Å². The normalized spacial score (nSPS) is 15.8. The van der Waals surface area contributed by atoms with Gasteiger partial charge < -0.3 is 9.90 Å². The largest absolute Gasteiger partial charge is 0.545 e. The van der Waals surface area contributed by atoms with Gasteiger partial charge in [-0.1, -0.05) is 78.9 Å². The molecule has 29 heavy (non-hydrogen) atoms. The van der Waals surface area contributed by atoms with Crippen LogP contribution in [-0.2, 0) is 0 Å². The van der Waals surface area contributed by atoms with Crippen molar-refractivity contribution in [2.75, 3.05) is 5.01 Å². The Morgan fingerprint density at radius 1 is 0.897 bits per heavy atom. The molecule has 0 N–H and O–H groups in total. The van der Waals surface area contributed by atoms with Crippen LogP contribution in [0.25, 0.3) is 0 Å². The number of aromatic carboxylic acids is 1. The minimum absolute atomic E-state index is 0.00366. The number of carboxylic acids is 1. The van der Waals surface area contributed by atoms with Gasteiger partial charge in [-0.2, -0.15) is 5.10 Å². The number of benzene rings is 3. The van der Waals surface area contributed by atoms with E-state index in [1.165, 1.54) is 6.07 Å². The number of ketones is 1. The molecule has 0 bridgehead atoms. The molecule has 1 heterocycles. The second kappa shape index (κ2) is 8.10. The van der Waals surface area contributed by atoms with Gasteiger partial charge in [-0.25, -0.2) is 0 Å². The van der Waals surface area contributed by atoms with Crippen LogP contribution in [0.1, 0.15) is 39.1 Å². The number of hydrogen-bond acceptors (Lipinski definition) is 5. The Labute approximate surface area is 168 Å². The van der Waals surface area contributed by atoms with E-state index in [9.17, 15) is 14.7 Å². The number of hydrazone groups is 1. The zero-order valence-corrected chi connectivity index (χ0v) is 15.7. The molecule has 3 aromatic carbocycles. The number of carbonyl (C=O) groups is 2. The number of nitrogens with zero attached hydrogens (tertiary/aromatic N) is 2. The number of carbonyl (C=O) groups excluding carboxylic acids is 2. The Bertz CT molecular complexity index is 1060. The first-order chi connectivity index (χ1) is 14.1. The summed E-state index contributed by atoms with van der Waals surface area (Å²) < 4.78 is 0. The van der Waals surface area contributed by atoms with Gasteiger partial charge in [0, 0.05) is 24.0 Å². The molecule has 0 aromatic heterocycles. The average molecular weight is 383 g/mol. The molecule has 144 valence electrons. The van der Waals surface area contributed by atoms with Crippen molar-refractivity contribution in [3.8, 4) is 0 Å². The Hall–Kier alpha value is -3.73. The summed E-state index contributed by atoms with van der Waals surface area (Å²) >= 11 is 0. The zero-order valence-electron chi connectivity index (χ0n) is 15.7. The lowest BCUT2D eigenvalue weighted by Crippen LogP contribution is -2.32. The molecular formula is C24H19N2O3-. The highest BCUT2D eigenvalue weighted by molar-refractivity contribution is 6.05. The van der Waals surface area contributed by atoms with E-state index in [0.29, 0.717) is 17.7 Å². The summed E-state index contributed by atoms with van der Waals surface area (Å²) in [6, 6.07) is 25.1. The summed E-state index contributed by atoms with van der Waals surface area (Å²) in [5.74, 6) is -1.27. The van der Waals surface area contributed by atoms with Crippen LogP contribution < -0.4 is 10.1 Å². The highest BCUT2D eigenvalue weighted by Gasteiger charge is 2.31. The molecule has 5 nitrogen and oxygen atoms in total. The lowest BCUT2D eigenvalue weighted by molar-refractivity contribution is -0.254. The van der Waals surface area contributed by atoms with Crippen LogP contribution in [0.4, 0.5) is 5.69 Å². The van der Waals surface area contributed by atoms with E-state index in [1.54, 1.807) is 35.3 Å². The van der Waals surface area contributed by atoms with Crippen LogP contribution in [0.5, 0.6) is 0 Å². The standard InChI is InChI=1S/C24H20N2O3/c27-23(18-11-5-2-6-12-18)16-19-15-21(17-9-3-1-4-10-17)25-26(19)22-14-8-7-13-20(22)24(28)29/h1-14,19H,15-16H2,(H,28,29)/p-1/t19-/m1/s1. The van der Waals surface area contributed by atoms with Gasteiger partial charge in [-0.05, 0) is 11.6 Å². The van der Waals surface area contributed by atoms with Gasteiger partial charge in [0.1, 0.15) is 0 Å². The number of Topliss-reactive ketones (excluding diaryl/α,β-unsaturated/α-hetero) is 1. The highest BCUT2D eigenvalue weighted by atomic mass is 16.4. The van der Waals surface area contributed by atoms with Gasteiger partial charge in [-0.3, -0.25) is 9.80 Å². The second-order valence-electron chi connectivity index (χ2n) is 6.91. The molecule has 1 aliphatic rings. The monoisotopic (exact) mass is 383 g/mol. The van der Waals surface area contributed by atoms with Crippen molar-refractivity contribution in [3.05, 3.63) is 102 Å². The van der Waals surface area contributed by atoms with Crippen LogP contribution in [0.15, 0.2) is 90.0 Å². The molecule has 3 aromatic rings. The molecule has 0 saturated heterocycles. The molecule has 0 amide bonds. The van der Waals surface area contributed by atoms with Crippen molar-refractivity contribution >= 4 is 23.2 Å². The van der Waals surface area contributed by atoms with Gasteiger partial charge in [-0.15, -0.1) is 0 Å². The summed E-state index contributed by atoms with van der Waals surface area (Å²) in [7, 11) is 0. The number of hydrogen-bond donors (Lipinski definition) is 0. The smallest absolute Gasteiger partial charge is 0.165 e. The maximum absolute atomic E-state index is 12.8. The minimum Gasteiger partial charge on any atom is -0.545 e. The van der Waals surface area contributed by atoms with Gasteiger partial charge in [0.25, 0.3) is 0 Å². The Morgan fingerprint density at radius 2 is 1.52 bits per heavy atom. The fraction of sp³-hybridized carbons (Fsp3) is 0.125. The van der Waals surface area contributed by atoms with Crippen molar-refractivity contribution in [3.63, 3.8) is 0 Å². The molecule has 4 rings (SSSR count). The number of carboxylic acid groups (broad SMARTS) is 1. The Balaban J connectivity index is 1.70. The summed E-state index contributed by atoms with van der Waals surface area (Å²) in [4.78, 5) is 24.5. The molecule has 0 spiro atoms. The molecule has 0 radical (unpaired) electrons. The minimum atomic E-state index is -1.27. The van der Waals surface area contributed by atoms with E-state index < -0.39 is 5.97 Å². The van der Waals surface area contributed by atoms with E-state index in [4.69, 9.17) is 5.10 Å². The van der Waals surface area contributed by atoms with Gasteiger partial charge in [0.15, 0.2) is 5.78 Å². The molecular weight excluding hydrogens is 364 g/mol. The molecule has 0 saturated carbocycles. The molecule has 0 unspecified atom stereocenters. The van der Waals surface area contributed by atoms with Gasteiger partial charge in [0.05, 0.1) is 23.4 Å². The lowest BCUT2D eigenvalue weighted by atomic mass is 9.97. The summed E-state index contributed by atoms with van der Waals surface area (Å²) in [6.07, 6.45) is 0.773. The SMILES string of the molecule is O=C(C[C@H]1CC(c2ccccc2)=NN1c1ccccc1C(=O)[O-])c1ccccc1. The van der Waals surface area contributed by atoms with Crippen LogP contribution in [0.2, 0.25) is 0 Å². The van der Waals surface area contributed by atoms with Crippen LogP contribution in [-0.4, -0.2) is 23.5 Å². The predicted molar refractivity (Wildman–Crippen MR) is 110 cm³/mol. The van der Waals surface area contributed by atoms with Crippen molar-refractivity contribution in [1.29, 1.82) is 0 Å². The van der Waals surface area contributed by atoms with E-state index in [-0.39, 0.29) is 23.8 Å². The van der Waals surface area contributed by atoms with Crippen molar-refractivity contribution < 1.29 is 14.7 Å². The Kier molecular flexibility index (Phi) is 5.20. The van der Waals surface area contributed by atoms with E-state index >= 15 is 0 Å². The molecule has 0 aliphatic carbocycles.